The summed E-state index contributed by atoms with van der Waals surface area (Å²) in [6, 6.07) is 1.69. The van der Waals surface area contributed by atoms with Gasteiger partial charge in [0.05, 0.1) is 5.69 Å². The highest BCUT2D eigenvalue weighted by atomic mass is 32.2. The third kappa shape index (κ3) is 5.36. The monoisotopic (exact) mass is 414 g/mol. The Kier molecular flexibility index (Phi) is 6.82. The highest BCUT2D eigenvalue weighted by Gasteiger charge is 2.24. The molecular weight excluding hydrogens is 384 g/mol. The Hall–Kier alpha value is -1.93. The Balaban J connectivity index is 1.33. The summed E-state index contributed by atoms with van der Waals surface area (Å²) in [5.41, 5.74) is 2.09. The van der Waals surface area contributed by atoms with E-state index in [-0.39, 0.29) is 5.56 Å². The number of nitrogens with one attached hydrogen (secondary N) is 1. The molecule has 0 atom stereocenters. The van der Waals surface area contributed by atoms with Crippen LogP contribution in [0.1, 0.15) is 56.2 Å². The first-order valence-corrected chi connectivity index (χ1v) is 11.7. The fourth-order valence-electron chi connectivity index (χ4n) is 4.09. The first kappa shape index (κ1) is 20.3. The topological polar surface area (TPSA) is 78.0 Å². The van der Waals surface area contributed by atoms with Crippen LogP contribution in [0.25, 0.3) is 0 Å². The van der Waals surface area contributed by atoms with Crippen LogP contribution < -0.4 is 10.5 Å². The summed E-state index contributed by atoms with van der Waals surface area (Å²) in [6.45, 7) is 7.03. The molecule has 0 spiro atoms. The minimum absolute atomic E-state index is 0.0301. The zero-order chi connectivity index (χ0) is 20.1. The fourth-order valence-corrected chi connectivity index (χ4v) is 4.73. The van der Waals surface area contributed by atoms with Crippen LogP contribution >= 0.6 is 11.8 Å². The van der Waals surface area contributed by atoms with E-state index in [0.717, 1.165) is 80.1 Å². The molecule has 8 heteroatoms. The molecule has 4 heterocycles. The van der Waals surface area contributed by atoms with Crippen LogP contribution in [0, 0.1) is 0 Å². The van der Waals surface area contributed by atoms with Crippen LogP contribution in [0.4, 0.5) is 5.95 Å². The smallest absolute Gasteiger partial charge is 0.252 e. The molecule has 2 aliphatic rings. The Morgan fingerprint density at radius 3 is 2.55 bits per heavy atom. The van der Waals surface area contributed by atoms with Gasteiger partial charge in [0.25, 0.3) is 5.56 Å². The molecule has 156 valence electrons. The van der Waals surface area contributed by atoms with Crippen molar-refractivity contribution in [2.24, 2.45) is 0 Å². The first-order chi connectivity index (χ1) is 14.2. The summed E-state index contributed by atoms with van der Waals surface area (Å²) in [6.07, 6.45) is 9.45. The number of thioether (sulfide) groups is 1. The Morgan fingerprint density at radius 2 is 1.86 bits per heavy atom. The lowest BCUT2D eigenvalue weighted by Crippen LogP contribution is -2.33. The van der Waals surface area contributed by atoms with E-state index in [4.69, 9.17) is 4.98 Å². The quantitative estimate of drug-likeness (QED) is 0.551. The van der Waals surface area contributed by atoms with E-state index < -0.39 is 0 Å². The summed E-state index contributed by atoms with van der Waals surface area (Å²) in [4.78, 5) is 33.5. The van der Waals surface area contributed by atoms with Crippen molar-refractivity contribution >= 4 is 17.7 Å². The van der Waals surface area contributed by atoms with Gasteiger partial charge in [-0.05, 0) is 45.2 Å². The van der Waals surface area contributed by atoms with E-state index in [0.29, 0.717) is 5.92 Å². The molecule has 0 bridgehead atoms. The predicted octanol–water partition coefficient (Wildman–Crippen LogP) is 3.04. The maximum atomic E-state index is 12.2. The average molecular weight is 415 g/mol. The molecule has 2 fully saturated rings. The molecule has 0 saturated carbocycles. The van der Waals surface area contributed by atoms with Crippen molar-refractivity contribution in [3.63, 3.8) is 0 Å². The van der Waals surface area contributed by atoms with Crippen LogP contribution in [0.15, 0.2) is 28.4 Å². The number of hydrogen-bond donors (Lipinski definition) is 1. The SMILES string of the molecule is CCCSc1ncc(CN2CCC(c3cc(=O)[nH]c(N4CCCC4)n3)CC2)cn1. The lowest BCUT2D eigenvalue weighted by Gasteiger charge is -2.31. The number of anilines is 1. The van der Waals surface area contributed by atoms with E-state index in [1.807, 2.05) is 12.4 Å². The number of H-pyrrole nitrogens is 1. The van der Waals surface area contributed by atoms with Crippen LogP contribution in [0.2, 0.25) is 0 Å². The normalized spacial score (nSPS) is 18.4. The van der Waals surface area contributed by atoms with Crippen LogP contribution in [-0.2, 0) is 6.54 Å². The minimum Gasteiger partial charge on any atom is -0.342 e. The Labute approximate surface area is 176 Å². The van der Waals surface area contributed by atoms with Crippen molar-refractivity contribution in [2.45, 2.75) is 56.6 Å². The highest BCUT2D eigenvalue weighted by Crippen LogP contribution is 2.28. The molecular formula is C21H30N6OS. The van der Waals surface area contributed by atoms with E-state index in [1.54, 1.807) is 17.8 Å². The zero-order valence-corrected chi connectivity index (χ0v) is 18.0. The molecule has 0 aromatic carbocycles. The van der Waals surface area contributed by atoms with Gasteiger partial charge >= 0.3 is 0 Å². The molecule has 1 N–H and O–H groups in total. The van der Waals surface area contributed by atoms with Gasteiger partial charge in [0.2, 0.25) is 5.95 Å². The van der Waals surface area contributed by atoms with Crippen molar-refractivity contribution < 1.29 is 0 Å². The van der Waals surface area contributed by atoms with Crippen molar-refractivity contribution in [1.82, 2.24) is 24.8 Å². The highest BCUT2D eigenvalue weighted by molar-refractivity contribution is 7.99. The van der Waals surface area contributed by atoms with Crippen molar-refractivity contribution in [1.29, 1.82) is 0 Å². The number of likely N-dealkylation sites (tertiary alicyclic amines) is 1. The van der Waals surface area contributed by atoms with E-state index in [2.05, 4.69) is 31.7 Å². The zero-order valence-electron chi connectivity index (χ0n) is 17.1. The van der Waals surface area contributed by atoms with Crippen LogP contribution in [0.3, 0.4) is 0 Å². The molecule has 7 nitrogen and oxygen atoms in total. The summed E-state index contributed by atoms with van der Waals surface area (Å²) >= 11 is 1.71. The van der Waals surface area contributed by atoms with Gasteiger partial charge in [0.1, 0.15) is 0 Å². The second-order valence-corrected chi connectivity index (χ2v) is 9.02. The summed E-state index contributed by atoms with van der Waals surface area (Å²) in [7, 11) is 0. The average Bonchev–Trinajstić information content (AvgIpc) is 3.28. The molecule has 2 saturated heterocycles. The van der Waals surface area contributed by atoms with Crippen molar-refractivity contribution in [3.8, 4) is 0 Å². The maximum Gasteiger partial charge on any atom is 0.252 e. The molecule has 29 heavy (non-hydrogen) atoms. The van der Waals surface area contributed by atoms with Gasteiger partial charge in [0, 0.05) is 55.3 Å². The summed E-state index contributed by atoms with van der Waals surface area (Å²) in [5.74, 6) is 2.17. The molecule has 0 amide bonds. The largest absolute Gasteiger partial charge is 0.342 e. The number of piperidine rings is 1. The van der Waals surface area contributed by atoms with Gasteiger partial charge in [-0.15, -0.1) is 0 Å². The number of hydrogen-bond acceptors (Lipinski definition) is 7. The molecule has 2 aromatic rings. The summed E-state index contributed by atoms with van der Waals surface area (Å²) in [5, 5.41) is 0.864. The lowest BCUT2D eigenvalue weighted by molar-refractivity contribution is 0.202. The number of rotatable bonds is 7. The van der Waals surface area contributed by atoms with Gasteiger partial charge in [-0.3, -0.25) is 14.7 Å². The lowest BCUT2D eigenvalue weighted by atomic mass is 9.93. The van der Waals surface area contributed by atoms with E-state index >= 15 is 0 Å². The predicted molar refractivity (Wildman–Crippen MR) is 117 cm³/mol. The van der Waals surface area contributed by atoms with Gasteiger partial charge in [-0.1, -0.05) is 18.7 Å². The van der Waals surface area contributed by atoms with Crippen molar-refractivity contribution in [2.75, 3.05) is 36.8 Å². The molecule has 0 radical (unpaired) electrons. The molecule has 2 aromatic heterocycles. The second kappa shape index (κ2) is 9.71. The molecule has 2 aliphatic heterocycles. The standard InChI is InChI=1S/C21H30N6OS/c1-2-11-29-21-22-13-16(14-23-21)15-26-9-5-17(6-10-26)18-12-19(28)25-20(24-18)27-7-3-4-8-27/h12-14,17H,2-11,15H2,1H3,(H,24,25,28). The maximum absolute atomic E-state index is 12.2. The first-order valence-electron chi connectivity index (χ1n) is 10.7. The van der Waals surface area contributed by atoms with Gasteiger partial charge in [0.15, 0.2) is 5.16 Å². The minimum atomic E-state index is -0.0301. The van der Waals surface area contributed by atoms with Gasteiger partial charge in [-0.25, -0.2) is 15.0 Å². The Morgan fingerprint density at radius 1 is 1.14 bits per heavy atom. The molecule has 0 unspecified atom stereocenters. The Bertz CT molecular complexity index is 841. The molecule has 0 aliphatic carbocycles. The fraction of sp³-hybridized carbons (Fsp3) is 0.619. The van der Waals surface area contributed by atoms with Crippen molar-refractivity contribution in [3.05, 3.63) is 40.1 Å². The van der Waals surface area contributed by atoms with Crippen LogP contribution in [0.5, 0.6) is 0 Å². The third-order valence-corrected chi connectivity index (χ3v) is 6.76. The summed E-state index contributed by atoms with van der Waals surface area (Å²) < 4.78 is 0. The molecule has 4 rings (SSSR count). The van der Waals surface area contributed by atoms with Crippen LogP contribution in [-0.4, -0.2) is 56.8 Å². The van der Waals surface area contributed by atoms with E-state index in [1.165, 1.54) is 12.8 Å². The number of aromatic nitrogens is 4. The van der Waals surface area contributed by atoms with Gasteiger partial charge < -0.3 is 4.90 Å². The number of nitrogens with zero attached hydrogens (tertiary/aromatic N) is 5. The van der Waals surface area contributed by atoms with E-state index in [9.17, 15) is 4.79 Å². The second-order valence-electron chi connectivity index (χ2n) is 7.96. The number of aromatic amines is 1. The third-order valence-electron chi connectivity index (χ3n) is 5.68. The van der Waals surface area contributed by atoms with Gasteiger partial charge in [-0.2, -0.15) is 0 Å².